The Bertz CT molecular complexity index is 1830. The summed E-state index contributed by atoms with van der Waals surface area (Å²) in [6, 6.07) is 22.6. The normalized spacial score (nSPS) is 14.9. The lowest BCUT2D eigenvalue weighted by molar-refractivity contribution is -0.139. The minimum atomic E-state index is -0.744. The molecule has 0 N–H and O–H groups in total. The molecule has 0 amide bonds. The van der Waals surface area contributed by atoms with E-state index in [0.717, 1.165) is 20.4 Å². The second-order valence-corrected chi connectivity index (χ2v) is 12.1. The highest BCUT2D eigenvalue weighted by Gasteiger charge is 2.35. The first-order valence-corrected chi connectivity index (χ1v) is 15.6. The van der Waals surface area contributed by atoms with Crippen LogP contribution < -0.4 is 24.4 Å². The van der Waals surface area contributed by atoms with Crippen LogP contribution in [0.3, 0.4) is 0 Å². The Morgan fingerprint density at radius 1 is 1.07 bits per heavy atom. The highest BCUT2D eigenvalue weighted by atomic mass is 127. The smallest absolute Gasteiger partial charge is 0.338 e. The molecule has 1 atom stereocenters. The molecule has 0 radical (unpaired) electrons. The number of halogens is 1. The Morgan fingerprint density at radius 3 is 2.52 bits per heavy atom. The number of carbonyl (C=O) groups excluding carboxylic acids is 1. The first-order valence-electron chi connectivity index (χ1n) is 13.7. The van der Waals surface area contributed by atoms with Crippen molar-refractivity contribution >= 4 is 46.0 Å². The summed E-state index contributed by atoms with van der Waals surface area (Å²) in [6.07, 6.45) is 1.75. The van der Waals surface area contributed by atoms with Gasteiger partial charge in [0.2, 0.25) is 0 Å². The van der Waals surface area contributed by atoms with Crippen LogP contribution in [0.4, 0.5) is 0 Å². The molecule has 1 aromatic heterocycles. The van der Waals surface area contributed by atoms with Crippen molar-refractivity contribution in [2.75, 3.05) is 6.61 Å². The molecular formula is C33H31IN2O5S. The fourth-order valence-electron chi connectivity index (χ4n) is 4.76. The van der Waals surface area contributed by atoms with Gasteiger partial charge in [0.05, 0.1) is 32.1 Å². The number of rotatable bonds is 9. The quantitative estimate of drug-likeness (QED) is 0.164. The van der Waals surface area contributed by atoms with Crippen molar-refractivity contribution in [3.05, 3.63) is 124 Å². The molecule has 4 aromatic rings. The first-order chi connectivity index (χ1) is 20.3. The van der Waals surface area contributed by atoms with E-state index in [0.29, 0.717) is 38.5 Å². The molecule has 3 aromatic carbocycles. The fourth-order valence-corrected chi connectivity index (χ4v) is 6.51. The minimum Gasteiger partial charge on any atom is -0.491 e. The number of aromatic nitrogens is 1. The Kier molecular flexibility index (Phi) is 9.27. The van der Waals surface area contributed by atoms with Crippen LogP contribution in [-0.2, 0) is 16.1 Å². The molecule has 216 valence electrons. The van der Waals surface area contributed by atoms with Crippen LogP contribution in [0.2, 0.25) is 0 Å². The molecule has 0 saturated carbocycles. The van der Waals surface area contributed by atoms with Gasteiger partial charge in [0.15, 0.2) is 4.80 Å². The Labute approximate surface area is 261 Å². The molecule has 42 heavy (non-hydrogen) atoms. The van der Waals surface area contributed by atoms with Crippen molar-refractivity contribution in [2.24, 2.45) is 4.99 Å². The van der Waals surface area contributed by atoms with E-state index in [9.17, 15) is 9.59 Å². The maximum atomic E-state index is 14.0. The van der Waals surface area contributed by atoms with Gasteiger partial charge in [-0.2, -0.15) is 0 Å². The van der Waals surface area contributed by atoms with E-state index >= 15 is 0 Å². The average Bonchev–Trinajstić information content (AvgIpc) is 3.26. The van der Waals surface area contributed by atoms with Gasteiger partial charge in [-0.1, -0.05) is 65.9 Å². The third-order valence-electron chi connectivity index (χ3n) is 6.58. The Hall–Kier alpha value is -3.70. The maximum absolute atomic E-state index is 14.0. The highest BCUT2D eigenvalue weighted by Crippen LogP contribution is 2.36. The molecular weight excluding hydrogens is 663 g/mol. The van der Waals surface area contributed by atoms with Gasteiger partial charge in [0.25, 0.3) is 5.56 Å². The summed E-state index contributed by atoms with van der Waals surface area (Å²) in [5.41, 5.74) is 3.25. The average molecular weight is 695 g/mol. The largest absolute Gasteiger partial charge is 0.491 e. The van der Waals surface area contributed by atoms with E-state index in [4.69, 9.17) is 14.2 Å². The Balaban J connectivity index is 1.57. The van der Waals surface area contributed by atoms with Crippen LogP contribution in [0.1, 0.15) is 50.4 Å². The molecule has 0 bridgehead atoms. The van der Waals surface area contributed by atoms with E-state index in [1.54, 1.807) is 18.4 Å². The molecule has 5 rings (SSSR count). The molecule has 7 nitrogen and oxygen atoms in total. The Morgan fingerprint density at radius 2 is 1.81 bits per heavy atom. The number of carbonyl (C=O) groups is 1. The van der Waals surface area contributed by atoms with Crippen LogP contribution in [-0.4, -0.2) is 23.2 Å². The van der Waals surface area contributed by atoms with Crippen molar-refractivity contribution in [3.8, 4) is 11.5 Å². The summed E-state index contributed by atoms with van der Waals surface area (Å²) in [7, 11) is 0. The number of fused-ring (bicyclic) bond motifs is 1. The number of nitrogens with zero attached hydrogens (tertiary/aromatic N) is 2. The molecule has 0 saturated heterocycles. The molecule has 2 heterocycles. The van der Waals surface area contributed by atoms with E-state index in [2.05, 4.69) is 27.6 Å². The van der Waals surface area contributed by atoms with Gasteiger partial charge < -0.3 is 14.2 Å². The first kappa shape index (κ1) is 29.8. The van der Waals surface area contributed by atoms with Gasteiger partial charge in [-0.25, -0.2) is 9.79 Å². The highest BCUT2D eigenvalue weighted by molar-refractivity contribution is 14.1. The minimum absolute atomic E-state index is 0.0970. The third kappa shape index (κ3) is 6.37. The monoisotopic (exact) mass is 694 g/mol. The van der Waals surface area contributed by atoms with Crippen molar-refractivity contribution < 1.29 is 19.0 Å². The van der Waals surface area contributed by atoms with Crippen LogP contribution >= 0.6 is 33.9 Å². The van der Waals surface area contributed by atoms with E-state index < -0.39 is 12.0 Å². The summed E-state index contributed by atoms with van der Waals surface area (Å²) in [5.74, 6) is 0.872. The molecule has 0 unspecified atom stereocenters. The van der Waals surface area contributed by atoms with E-state index in [1.807, 2.05) is 92.7 Å². The number of thiazole rings is 1. The molecule has 1 aliphatic rings. The molecule has 9 heteroatoms. The SMILES string of the molecule is CCOC(=O)C1=C(C)N=c2s/c(=C/c3ccc(OCc4ccccc4)c(I)c3)c(=O)n2[C@H]1c1ccccc1OC(C)C. The van der Waals surface area contributed by atoms with Crippen LogP contribution in [0, 0.1) is 3.57 Å². The van der Waals surface area contributed by atoms with E-state index in [-0.39, 0.29) is 18.3 Å². The lowest BCUT2D eigenvalue weighted by atomic mass is 9.95. The van der Waals surface area contributed by atoms with Crippen molar-refractivity contribution in [3.63, 3.8) is 0 Å². The van der Waals surface area contributed by atoms with Gasteiger partial charge >= 0.3 is 5.97 Å². The van der Waals surface area contributed by atoms with Crippen LogP contribution in [0.25, 0.3) is 6.08 Å². The maximum Gasteiger partial charge on any atom is 0.338 e. The molecule has 1 aliphatic heterocycles. The standard InChI is InChI=1S/C33H31IN2O5S/c1-5-39-32(38)29-21(4)35-33-36(30(29)24-13-9-10-14-26(24)41-20(2)3)31(37)28(42-33)18-23-15-16-27(25(34)17-23)40-19-22-11-7-6-8-12-22/h6-18,20,30H,5,19H2,1-4H3/b28-18+/t30-/m0/s1. The molecule has 0 spiro atoms. The van der Waals surface area contributed by atoms with Gasteiger partial charge in [0, 0.05) is 5.56 Å². The summed E-state index contributed by atoms with van der Waals surface area (Å²) in [6.45, 7) is 8.09. The number of hydrogen-bond acceptors (Lipinski definition) is 7. The van der Waals surface area contributed by atoms with Gasteiger partial charge in [-0.15, -0.1) is 0 Å². The number of allylic oxidation sites excluding steroid dienone is 1. The lowest BCUT2D eigenvalue weighted by Crippen LogP contribution is -2.40. The van der Waals surface area contributed by atoms with Crippen molar-refractivity contribution in [2.45, 2.75) is 46.4 Å². The summed E-state index contributed by atoms with van der Waals surface area (Å²) >= 11 is 3.54. The van der Waals surface area contributed by atoms with Crippen molar-refractivity contribution in [1.82, 2.24) is 4.57 Å². The predicted octanol–water partition coefficient (Wildman–Crippen LogP) is 5.77. The van der Waals surface area contributed by atoms with Crippen LogP contribution in [0.5, 0.6) is 11.5 Å². The topological polar surface area (TPSA) is 79.1 Å². The zero-order valence-corrected chi connectivity index (χ0v) is 26.8. The predicted molar refractivity (Wildman–Crippen MR) is 173 cm³/mol. The zero-order chi connectivity index (χ0) is 29.8. The third-order valence-corrected chi connectivity index (χ3v) is 8.41. The van der Waals surface area contributed by atoms with Gasteiger partial charge in [-0.05, 0) is 85.7 Å². The lowest BCUT2D eigenvalue weighted by Gasteiger charge is -2.26. The number of para-hydroxylation sites is 1. The molecule has 0 aliphatic carbocycles. The summed E-state index contributed by atoms with van der Waals surface area (Å²) in [5, 5.41) is 0. The van der Waals surface area contributed by atoms with Gasteiger partial charge in [-0.3, -0.25) is 9.36 Å². The fraction of sp³-hybridized carbons (Fsp3) is 0.242. The zero-order valence-electron chi connectivity index (χ0n) is 23.8. The number of benzene rings is 3. The summed E-state index contributed by atoms with van der Waals surface area (Å²) in [4.78, 5) is 32.5. The molecule has 0 fully saturated rings. The van der Waals surface area contributed by atoms with Gasteiger partial charge in [0.1, 0.15) is 24.1 Å². The summed E-state index contributed by atoms with van der Waals surface area (Å²) < 4.78 is 20.6. The number of ether oxygens (including phenoxy) is 3. The second kappa shape index (κ2) is 13.1. The second-order valence-electron chi connectivity index (χ2n) is 9.97. The number of hydrogen-bond donors (Lipinski definition) is 0. The number of esters is 1. The van der Waals surface area contributed by atoms with E-state index in [1.165, 1.54) is 11.3 Å². The van der Waals surface area contributed by atoms with Crippen molar-refractivity contribution in [1.29, 1.82) is 0 Å². The van der Waals surface area contributed by atoms with Crippen LogP contribution in [0.15, 0.2) is 93.9 Å².